The molecule has 3 amide bonds. The number of hydrogen-bond donors (Lipinski definition) is 7. The summed E-state index contributed by atoms with van der Waals surface area (Å²) >= 11 is 0. The molecular weight excluding hydrogens is 787 g/mol. The number of urea groups is 1. The van der Waals surface area contributed by atoms with Gasteiger partial charge in [-0.25, -0.2) is 33.7 Å². The van der Waals surface area contributed by atoms with Crippen LogP contribution in [0.2, 0.25) is 0 Å². The van der Waals surface area contributed by atoms with Crippen LogP contribution in [0.5, 0.6) is 6.01 Å². The van der Waals surface area contributed by atoms with Gasteiger partial charge in [0.1, 0.15) is 11.6 Å². The highest BCUT2D eigenvalue weighted by Crippen LogP contribution is 2.30. The highest BCUT2D eigenvalue weighted by molar-refractivity contribution is 5.90. The van der Waals surface area contributed by atoms with Gasteiger partial charge in [0.15, 0.2) is 0 Å². The molecule has 0 unspecified atom stereocenters. The van der Waals surface area contributed by atoms with E-state index in [1.807, 2.05) is 84.9 Å². The maximum absolute atomic E-state index is 11.6. The first kappa shape index (κ1) is 39.5. The summed E-state index contributed by atoms with van der Waals surface area (Å²) in [5.74, 6) is 2.60. The minimum absolute atomic E-state index is 0.0385. The van der Waals surface area contributed by atoms with E-state index < -0.39 is 12.1 Å². The number of benzene rings is 4. The van der Waals surface area contributed by atoms with Crippen LogP contribution in [-0.2, 0) is 39.0 Å². The summed E-state index contributed by atoms with van der Waals surface area (Å²) in [7, 11) is 0. The molecule has 8 aromatic rings. The number of amides is 3. The number of imidazole rings is 2. The van der Waals surface area contributed by atoms with E-state index in [1.54, 1.807) is 9.13 Å². The number of nitrogens with zero attached hydrogens (tertiary/aromatic N) is 8. The summed E-state index contributed by atoms with van der Waals surface area (Å²) in [6.45, 7) is 4.32. The van der Waals surface area contributed by atoms with E-state index >= 15 is 0 Å². The monoisotopic (exact) mass is 829 g/mol. The second-order valence-corrected chi connectivity index (χ2v) is 14.5. The summed E-state index contributed by atoms with van der Waals surface area (Å²) in [6.07, 6.45) is 0.612. The molecule has 4 aromatic heterocycles. The van der Waals surface area contributed by atoms with Crippen molar-refractivity contribution in [1.29, 1.82) is 0 Å². The highest BCUT2D eigenvalue weighted by atomic mass is 16.6. The Kier molecular flexibility index (Phi) is 11.3. The van der Waals surface area contributed by atoms with E-state index in [0.29, 0.717) is 49.1 Å². The van der Waals surface area contributed by atoms with Crippen molar-refractivity contribution in [3.8, 4) is 17.9 Å². The van der Waals surface area contributed by atoms with Gasteiger partial charge in [-0.15, -0.1) is 0 Å². The SMILES string of the molecule is NC(=O)Nc1nc2ccccc2n1-c1nc2c(c(NCc3ccccc3)n1)CNCC2.NC(=O)Oc1nc2ccccc2n1-c1nc2c(c(NCc3ccccc3)n1)CNCC2. The first-order chi connectivity index (χ1) is 30.4. The summed E-state index contributed by atoms with van der Waals surface area (Å²) in [6, 6.07) is 34.6. The number of fused-ring (bicyclic) bond motifs is 4. The average Bonchev–Trinajstić information content (AvgIpc) is 3.85. The topological polar surface area (TPSA) is 243 Å². The van der Waals surface area contributed by atoms with Crippen molar-refractivity contribution in [2.24, 2.45) is 11.5 Å². The van der Waals surface area contributed by atoms with Gasteiger partial charge in [0.2, 0.25) is 17.8 Å². The maximum atomic E-state index is 11.6. The molecule has 2 aliphatic rings. The zero-order valence-corrected chi connectivity index (χ0v) is 33.5. The van der Waals surface area contributed by atoms with Crippen LogP contribution in [0.4, 0.5) is 27.2 Å². The third-order valence-electron chi connectivity index (χ3n) is 10.4. The number of aromatic nitrogens is 8. The van der Waals surface area contributed by atoms with Crippen LogP contribution < -0.4 is 42.8 Å². The number of carbonyl (C=O) groups excluding carboxylic acids is 2. The molecule has 4 aromatic carbocycles. The summed E-state index contributed by atoms with van der Waals surface area (Å²) in [4.78, 5) is 51.2. The average molecular weight is 830 g/mol. The predicted molar refractivity (Wildman–Crippen MR) is 235 cm³/mol. The molecule has 18 nitrogen and oxygen atoms in total. The molecule has 6 heterocycles. The fourth-order valence-corrected chi connectivity index (χ4v) is 7.49. The fourth-order valence-electron chi connectivity index (χ4n) is 7.49. The Balaban J connectivity index is 0.000000158. The zero-order chi connectivity index (χ0) is 42.4. The number of primary amides is 2. The first-order valence-electron chi connectivity index (χ1n) is 20.1. The minimum atomic E-state index is -0.943. The summed E-state index contributed by atoms with van der Waals surface area (Å²) in [5, 5.41) is 16.3. The lowest BCUT2D eigenvalue weighted by atomic mass is 10.1. The number of rotatable bonds is 10. The van der Waals surface area contributed by atoms with Gasteiger partial charge in [0.25, 0.3) is 0 Å². The van der Waals surface area contributed by atoms with E-state index in [-0.39, 0.29) is 12.0 Å². The lowest BCUT2D eigenvalue weighted by molar-refractivity contribution is 0.206. The molecule has 62 heavy (non-hydrogen) atoms. The summed E-state index contributed by atoms with van der Waals surface area (Å²) < 4.78 is 8.53. The number of ether oxygens (including phenoxy) is 1. The largest absolute Gasteiger partial charge is 0.412 e. The van der Waals surface area contributed by atoms with Crippen molar-refractivity contribution in [1.82, 2.24) is 49.7 Å². The molecule has 0 bridgehead atoms. The maximum Gasteiger partial charge on any atom is 0.412 e. The van der Waals surface area contributed by atoms with Crippen LogP contribution in [0.25, 0.3) is 34.0 Å². The molecule has 312 valence electrons. The van der Waals surface area contributed by atoms with E-state index in [9.17, 15) is 9.59 Å². The van der Waals surface area contributed by atoms with Gasteiger partial charge in [-0.2, -0.15) is 15.0 Å². The van der Waals surface area contributed by atoms with Crippen molar-refractivity contribution in [2.45, 2.75) is 39.0 Å². The molecule has 0 saturated heterocycles. The van der Waals surface area contributed by atoms with Crippen molar-refractivity contribution < 1.29 is 14.3 Å². The molecule has 0 radical (unpaired) electrons. The van der Waals surface area contributed by atoms with Crippen LogP contribution >= 0.6 is 0 Å². The van der Waals surface area contributed by atoms with Gasteiger partial charge in [0.05, 0.1) is 33.5 Å². The van der Waals surface area contributed by atoms with Crippen molar-refractivity contribution in [3.05, 3.63) is 143 Å². The minimum Gasteiger partial charge on any atom is -0.375 e. The second-order valence-electron chi connectivity index (χ2n) is 14.5. The third kappa shape index (κ3) is 8.53. The Hall–Kier alpha value is -7.96. The number of nitrogens with two attached hydrogens (primary N) is 2. The van der Waals surface area contributed by atoms with Crippen LogP contribution in [0.3, 0.4) is 0 Å². The fraction of sp³-hybridized carbons (Fsp3) is 0.182. The number of para-hydroxylation sites is 4. The highest BCUT2D eigenvalue weighted by Gasteiger charge is 2.24. The first-order valence-corrected chi connectivity index (χ1v) is 20.1. The lowest BCUT2D eigenvalue weighted by Gasteiger charge is -2.21. The van der Waals surface area contributed by atoms with Crippen LogP contribution in [-0.4, -0.2) is 64.3 Å². The van der Waals surface area contributed by atoms with E-state index in [4.69, 9.17) is 36.1 Å². The normalized spacial score (nSPS) is 13.0. The summed E-state index contributed by atoms with van der Waals surface area (Å²) in [5.41, 5.74) is 19.8. The van der Waals surface area contributed by atoms with Crippen molar-refractivity contribution in [2.75, 3.05) is 29.0 Å². The van der Waals surface area contributed by atoms with Crippen LogP contribution in [0.1, 0.15) is 33.6 Å². The van der Waals surface area contributed by atoms with Gasteiger partial charge in [-0.1, -0.05) is 84.9 Å². The van der Waals surface area contributed by atoms with Crippen molar-refractivity contribution in [3.63, 3.8) is 0 Å². The van der Waals surface area contributed by atoms with Gasteiger partial charge < -0.3 is 37.5 Å². The Bertz CT molecular complexity index is 2700. The zero-order valence-electron chi connectivity index (χ0n) is 33.5. The molecule has 18 heteroatoms. The number of nitrogens with one attached hydrogen (secondary N) is 5. The van der Waals surface area contributed by atoms with E-state index in [2.05, 4.69) is 60.8 Å². The van der Waals surface area contributed by atoms with Gasteiger partial charge in [-0.3, -0.25) is 5.32 Å². The Morgan fingerprint density at radius 3 is 1.61 bits per heavy atom. The molecule has 0 saturated carbocycles. The molecule has 9 N–H and O–H groups in total. The lowest BCUT2D eigenvalue weighted by Crippen LogP contribution is -2.27. The van der Waals surface area contributed by atoms with E-state index in [1.165, 1.54) is 0 Å². The Labute approximate surface area is 355 Å². The molecule has 0 fully saturated rings. The van der Waals surface area contributed by atoms with E-state index in [0.717, 1.165) is 82.2 Å². The van der Waals surface area contributed by atoms with Crippen LogP contribution in [0, 0.1) is 0 Å². The number of carbonyl (C=O) groups is 2. The standard InChI is InChI=1S/C22H22N8O.C22H21N7O2/c23-20(31)29-22-27-17-8-4-5-9-18(17)30(22)21-26-16-10-11-24-13-15(16)19(28-21)25-12-14-6-2-1-3-7-14;23-20(30)31-22-27-17-8-4-5-9-18(17)29(22)21-26-16-10-11-24-13-15(16)19(28-21)25-12-14-6-2-1-3-7-14/h1-9,24H,10-13H2,(H,25,26,28)(H3,23,27,29,31);1-9,24H,10-13H2,(H2,23,30)(H,25,26,28). The van der Waals surface area contributed by atoms with Gasteiger partial charge in [0, 0.05) is 63.2 Å². The number of anilines is 3. The number of hydrogen-bond acceptors (Lipinski definition) is 13. The Morgan fingerprint density at radius 2 is 1.08 bits per heavy atom. The molecule has 0 spiro atoms. The molecule has 0 atom stereocenters. The molecule has 10 rings (SSSR count). The second kappa shape index (κ2) is 17.7. The van der Waals surface area contributed by atoms with Gasteiger partial charge >= 0.3 is 18.1 Å². The third-order valence-corrected chi connectivity index (χ3v) is 10.4. The molecular formula is C44H43N15O3. The molecule has 2 aliphatic heterocycles. The molecule has 0 aliphatic carbocycles. The van der Waals surface area contributed by atoms with Gasteiger partial charge in [-0.05, 0) is 35.4 Å². The van der Waals surface area contributed by atoms with Crippen LogP contribution in [0.15, 0.2) is 109 Å². The quantitative estimate of drug-likeness (QED) is 0.0951. The predicted octanol–water partition coefficient (Wildman–Crippen LogP) is 5.09. The Morgan fingerprint density at radius 1 is 0.597 bits per heavy atom. The smallest absolute Gasteiger partial charge is 0.375 e. The van der Waals surface area contributed by atoms with Crippen molar-refractivity contribution >= 4 is 51.8 Å².